The third kappa shape index (κ3) is 46.0. The van der Waals surface area contributed by atoms with E-state index in [4.69, 9.17) is 14.2 Å². The fourth-order valence-electron chi connectivity index (χ4n) is 5.24. The van der Waals surface area contributed by atoms with Gasteiger partial charge in [-0.25, -0.2) is 0 Å². The summed E-state index contributed by atoms with van der Waals surface area (Å²) >= 11 is 0. The van der Waals surface area contributed by atoms with E-state index in [0.29, 0.717) is 19.3 Å². The first-order valence-corrected chi connectivity index (χ1v) is 23.1. The Bertz CT molecular complexity index is 1470. The Hall–Kier alpha value is -4.97. The van der Waals surface area contributed by atoms with E-state index in [9.17, 15) is 14.4 Å². The molecule has 0 aliphatic rings. The lowest BCUT2D eigenvalue weighted by molar-refractivity contribution is -0.166. The molecule has 0 saturated carbocycles. The predicted molar refractivity (Wildman–Crippen MR) is 260 cm³/mol. The number of hydrogen-bond donors (Lipinski definition) is 0. The lowest BCUT2D eigenvalue weighted by atomic mass is 10.1. The van der Waals surface area contributed by atoms with Crippen molar-refractivity contribution in [2.45, 2.75) is 155 Å². The maximum atomic E-state index is 12.7. The molecule has 0 aromatic rings. The zero-order chi connectivity index (χ0) is 44.4. The minimum atomic E-state index is -0.862. The van der Waals surface area contributed by atoms with Crippen molar-refractivity contribution < 1.29 is 28.6 Å². The van der Waals surface area contributed by atoms with E-state index in [0.717, 1.165) is 77.0 Å². The summed E-state index contributed by atoms with van der Waals surface area (Å²) in [5.74, 6) is -1.16. The van der Waals surface area contributed by atoms with Gasteiger partial charge in [-0.1, -0.05) is 198 Å². The molecule has 0 aromatic carbocycles. The first-order valence-electron chi connectivity index (χ1n) is 23.1. The van der Waals surface area contributed by atoms with Crippen LogP contribution in [-0.2, 0) is 28.6 Å². The second-order valence-electron chi connectivity index (χ2n) is 14.3. The molecule has 0 spiro atoms. The third-order valence-corrected chi connectivity index (χ3v) is 8.67. The van der Waals surface area contributed by atoms with Crippen LogP contribution >= 0.6 is 0 Å². The van der Waals surface area contributed by atoms with Gasteiger partial charge in [0.15, 0.2) is 6.10 Å². The number of carbonyl (C=O) groups excluding carboxylic acids is 3. The Morgan fingerprint density at radius 3 is 1.30 bits per heavy atom. The SMILES string of the molecule is CC\C=C/C=C\C=C/C=C\C=C/CCCC(=O)OC(COC(=O)CC/C=C\C/C=C\C/C=C\C/C=C\C/C=C\C/C=C\CC)COC(=O)CCCCC/C=C\C=C/CCCC. The molecule has 0 radical (unpaired) electrons. The van der Waals surface area contributed by atoms with Gasteiger partial charge in [0.05, 0.1) is 0 Å². The molecule has 0 N–H and O–H groups in total. The van der Waals surface area contributed by atoms with Crippen LogP contribution in [0.4, 0.5) is 0 Å². The minimum absolute atomic E-state index is 0.152. The number of rotatable bonds is 38. The topological polar surface area (TPSA) is 78.9 Å². The van der Waals surface area contributed by atoms with Crippen molar-refractivity contribution in [2.75, 3.05) is 13.2 Å². The van der Waals surface area contributed by atoms with Gasteiger partial charge in [0.2, 0.25) is 0 Å². The van der Waals surface area contributed by atoms with Gasteiger partial charge in [-0.05, 0) is 89.9 Å². The van der Waals surface area contributed by atoms with E-state index in [-0.39, 0.29) is 38.4 Å². The van der Waals surface area contributed by atoms with Crippen molar-refractivity contribution >= 4 is 17.9 Å². The molecule has 6 nitrogen and oxygen atoms in total. The summed E-state index contributed by atoms with van der Waals surface area (Å²) in [6.07, 6.45) is 69.6. The highest BCUT2D eigenvalue weighted by Crippen LogP contribution is 2.09. The smallest absolute Gasteiger partial charge is 0.306 e. The van der Waals surface area contributed by atoms with Crippen LogP contribution in [-0.4, -0.2) is 37.2 Å². The van der Waals surface area contributed by atoms with Crippen LogP contribution in [0.25, 0.3) is 0 Å². The molecule has 0 aromatic heterocycles. The predicted octanol–water partition coefficient (Wildman–Crippen LogP) is 15.1. The van der Waals surface area contributed by atoms with Crippen molar-refractivity contribution in [1.82, 2.24) is 0 Å². The molecule has 0 aliphatic heterocycles. The van der Waals surface area contributed by atoms with Gasteiger partial charge in [-0.3, -0.25) is 14.4 Å². The fourth-order valence-corrected chi connectivity index (χ4v) is 5.24. The van der Waals surface area contributed by atoms with Gasteiger partial charge < -0.3 is 14.2 Å². The molecule has 6 heteroatoms. The molecule has 0 bridgehead atoms. The van der Waals surface area contributed by atoms with Crippen LogP contribution in [0.1, 0.15) is 149 Å². The molecule has 0 amide bonds. The van der Waals surface area contributed by atoms with Gasteiger partial charge in [-0.2, -0.15) is 0 Å². The summed E-state index contributed by atoms with van der Waals surface area (Å²) in [5.41, 5.74) is 0. The quantitative estimate of drug-likeness (QED) is 0.0203. The van der Waals surface area contributed by atoms with Crippen LogP contribution in [0, 0.1) is 0 Å². The zero-order valence-electron chi connectivity index (χ0n) is 38.1. The van der Waals surface area contributed by atoms with Gasteiger partial charge >= 0.3 is 17.9 Å². The van der Waals surface area contributed by atoms with Crippen molar-refractivity contribution in [3.8, 4) is 0 Å². The van der Waals surface area contributed by atoms with Gasteiger partial charge in [0, 0.05) is 19.3 Å². The number of hydrogen-bond acceptors (Lipinski definition) is 6. The Labute approximate surface area is 371 Å². The van der Waals surface area contributed by atoms with Crippen LogP contribution in [0.2, 0.25) is 0 Å². The Kier molecular flexibility index (Phi) is 43.8. The van der Waals surface area contributed by atoms with E-state index < -0.39 is 18.0 Å². The van der Waals surface area contributed by atoms with Gasteiger partial charge in [-0.15, -0.1) is 0 Å². The minimum Gasteiger partial charge on any atom is -0.462 e. The summed E-state index contributed by atoms with van der Waals surface area (Å²) in [7, 11) is 0. The maximum Gasteiger partial charge on any atom is 0.306 e. The fraction of sp³-hybridized carbons (Fsp3) is 0.473. The number of allylic oxidation sites excluding steroid dienone is 26. The second kappa shape index (κ2) is 47.7. The highest BCUT2D eigenvalue weighted by Gasteiger charge is 2.19. The lowest BCUT2D eigenvalue weighted by Crippen LogP contribution is -2.30. The monoisotopic (exact) mass is 837 g/mol. The number of carbonyl (C=O) groups is 3. The maximum absolute atomic E-state index is 12.7. The van der Waals surface area contributed by atoms with Crippen molar-refractivity contribution in [2.24, 2.45) is 0 Å². The van der Waals surface area contributed by atoms with Crippen LogP contribution in [0.15, 0.2) is 158 Å². The van der Waals surface area contributed by atoms with E-state index in [1.807, 2.05) is 66.8 Å². The first kappa shape index (κ1) is 56.0. The Morgan fingerprint density at radius 1 is 0.361 bits per heavy atom. The van der Waals surface area contributed by atoms with E-state index in [1.165, 1.54) is 12.8 Å². The normalized spacial score (nSPS) is 13.6. The number of esters is 3. The molecular weight excluding hydrogens is 757 g/mol. The standard InChI is InChI=1S/C55H80O6/c1-4-7-10-13-16-19-22-24-25-26-27-28-29-31-33-36-39-42-45-48-54(57)60-51-52(50-59-53(56)47-44-41-38-35-32-21-18-15-12-9-6-3)61-55(58)49-46-43-40-37-34-30-23-20-17-14-11-8-5-2/h7-8,10-11,14-21,23-25,27-28,30-34,37,39-40,42,52H,4-6,9,12-13,22,26,29,35-36,38,41,43-51H2,1-3H3/b10-7-,11-8-,17-14-,18-15-,19-16-,23-20-,25-24-,28-27-,32-21-,33-31-,34-30-,40-37-,42-39-. The molecule has 336 valence electrons. The first-order chi connectivity index (χ1) is 30.0. The van der Waals surface area contributed by atoms with Gasteiger partial charge in [0.25, 0.3) is 0 Å². The Balaban J connectivity index is 4.66. The summed E-state index contributed by atoms with van der Waals surface area (Å²) < 4.78 is 16.5. The molecule has 0 rings (SSSR count). The van der Waals surface area contributed by atoms with E-state index >= 15 is 0 Å². The van der Waals surface area contributed by atoms with Crippen LogP contribution in [0.3, 0.4) is 0 Å². The van der Waals surface area contributed by atoms with Gasteiger partial charge in [0.1, 0.15) is 13.2 Å². The lowest BCUT2D eigenvalue weighted by Gasteiger charge is -2.18. The number of ether oxygens (including phenoxy) is 3. The molecule has 0 heterocycles. The summed E-state index contributed by atoms with van der Waals surface area (Å²) in [4.78, 5) is 37.7. The molecule has 0 fully saturated rings. The summed E-state index contributed by atoms with van der Waals surface area (Å²) in [6, 6.07) is 0. The third-order valence-electron chi connectivity index (χ3n) is 8.67. The average molecular weight is 837 g/mol. The highest BCUT2D eigenvalue weighted by molar-refractivity contribution is 5.71. The van der Waals surface area contributed by atoms with Crippen molar-refractivity contribution in [1.29, 1.82) is 0 Å². The molecule has 1 unspecified atom stereocenters. The zero-order valence-corrected chi connectivity index (χ0v) is 38.1. The summed E-state index contributed by atoms with van der Waals surface area (Å²) in [6.45, 7) is 6.12. The highest BCUT2D eigenvalue weighted by atomic mass is 16.6. The molecule has 61 heavy (non-hydrogen) atoms. The van der Waals surface area contributed by atoms with Crippen molar-refractivity contribution in [3.63, 3.8) is 0 Å². The molecule has 0 saturated heterocycles. The molecule has 1 atom stereocenters. The molecule has 0 aliphatic carbocycles. The summed E-state index contributed by atoms with van der Waals surface area (Å²) in [5, 5.41) is 0. The van der Waals surface area contributed by atoms with Crippen LogP contribution < -0.4 is 0 Å². The number of unbranched alkanes of at least 4 members (excludes halogenated alkanes) is 6. The second-order valence-corrected chi connectivity index (χ2v) is 14.3. The average Bonchev–Trinajstić information content (AvgIpc) is 3.26. The largest absolute Gasteiger partial charge is 0.462 e. The van der Waals surface area contributed by atoms with Crippen LogP contribution in [0.5, 0.6) is 0 Å². The van der Waals surface area contributed by atoms with E-state index in [1.54, 1.807) is 0 Å². The Morgan fingerprint density at radius 2 is 0.770 bits per heavy atom. The van der Waals surface area contributed by atoms with E-state index in [2.05, 4.69) is 112 Å². The molecular formula is C55H80O6. The van der Waals surface area contributed by atoms with Crippen molar-refractivity contribution in [3.05, 3.63) is 158 Å².